The van der Waals surface area contributed by atoms with Crippen LogP contribution in [0.2, 0.25) is 0 Å². The van der Waals surface area contributed by atoms with Crippen molar-refractivity contribution in [1.82, 2.24) is 9.97 Å². The molecule has 0 saturated carbocycles. The summed E-state index contributed by atoms with van der Waals surface area (Å²) in [7, 11) is 0. The lowest BCUT2D eigenvalue weighted by molar-refractivity contribution is 0.325. The molecule has 2 heterocycles. The first-order valence-electron chi connectivity index (χ1n) is 7.05. The number of anilines is 1. The minimum absolute atomic E-state index is 0.368. The fourth-order valence-corrected chi connectivity index (χ4v) is 2.85. The van der Waals surface area contributed by atoms with Gasteiger partial charge in [0, 0.05) is 24.5 Å². The summed E-state index contributed by atoms with van der Waals surface area (Å²) in [5.74, 6) is 3.00. The van der Waals surface area contributed by atoms with Gasteiger partial charge >= 0.3 is 0 Å². The van der Waals surface area contributed by atoms with E-state index in [4.69, 9.17) is 16.3 Å². The lowest BCUT2D eigenvalue weighted by Gasteiger charge is -2.29. The van der Waals surface area contributed by atoms with Gasteiger partial charge in [-0.25, -0.2) is 4.98 Å². The molecule has 4 nitrogen and oxygen atoms in total. The van der Waals surface area contributed by atoms with E-state index in [2.05, 4.69) is 14.9 Å². The zero-order valence-electron chi connectivity index (χ0n) is 11.7. The highest BCUT2D eigenvalue weighted by atomic mass is 35.5. The molecule has 19 heavy (non-hydrogen) atoms. The van der Waals surface area contributed by atoms with Crippen LogP contribution >= 0.6 is 11.6 Å². The molecule has 0 bridgehead atoms. The monoisotopic (exact) mass is 283 g/mol. The molecule has 1 aromatic heterocycles. The Labute approximate surface area is 120 Å². The van der Waals surface area contributed by atoms with Gasteiger partial charge in [-0.3, -0.25) is 0 Å². The van der Waals surface area contributed by atoms with E-state index in [1.54, 1.807) is 0 Å². The van der Waals surface area contributed by atoms with Crippen LogP contribution in [0, 0.1) is 6.92 Å². The van der Waals surface area contributed by atoms with E-state index in [0.717, 1.165) is 24.6 Å². The second kappa shape index (κ2) is 6.94. The van der Waals surface area contributed by atoms with Gasteiger partial charge < -0.3 is 9.64 Å². The van der Waals surface area contributed by atoms with E-state index in [-0.39, 0.29) is 0 Å². The molecule has 0 aromatic carbocycles. The average molecular weight is 284 g/mol. The Morgan fingerprint density at radius 3 is 2.95 bits per heavy atom. The SMILES string of the molecule is CCOc1cc(N2CCCCCC2CCl)nc(C)n1. The number of hydrogen-bond donors (Lipinski definition) is 0. The molecule has 1 aliphatic rings. The van der Waals surface area contributed by atoms with E-state index in [1.165, 1.54) is 19.3 Å². The van der Waals surface area contributed by atoms with Crippen LogP contribution in [-0.2, 0) is 0 Å². The molecule has 1 aromatic rings. The van der Waals surface area contributed by atoms with Crippen LogP contribution in [0.25, 0.3) is 0 Å². The fraction of sp³-hybridized carbons (Fsp3) is 0.714. The lowest BCUT2D eigenvalue weighted by Crippen LogP contribution is -2.37. The second-order valence-electron chi connectivity index (χ2n) is 4.90. The zero-order valence-corrected chi connectivity index (χ0v) is 12.5. The Morgan fingerprint density at radius 1 is 1.37 bits per heavy atom. The van der Waals surface area contributed by atoms with Gasteiger partial charge in [0.25, 0.3) is 0 Å². The summed E-state index contributed by atoms with van der Waals surface area (Å²) in [5, 5.41) is 0. The lowest BCUT2D eigenvalue weighted by atomic mass is 10.1. The third kappa shape index (κ3) is 3.72. The zero-order chi connectivity index (χ0) is 13.7. The third-order valence-corrected chi connectivity index (χ3v) is 3.80. The van der Waals surface area contributed by atoms with Crippen LogP contribution in [0.15, 0.2) is 6.07 Å². The molecule has 0 radical (unpaired) electrons. The summed E-state index contributed by atoms with van der Waals surface area (Å²) in [6, 6.07) is 2.30. The summed E-state index contributed by atoms with van der Waals surface area (Å²) in [6.07, 6.45) is 4.85. The number of hydrogen-bond acceptors (Lipinski definition) is 4. The Kier molecular flexibility index (Phi) is 5.25. The third-order valence-electron chi connectivity index (χ3n) is 3.44. The summed E-state index contributed by atoms with van der Waals surface area (Å²) in [5.41, 5.74) is 0. The van der Waals surface area contributed by atoms with Crippen molar-refractivity contribution in [3.8, 4) is 5.88 Å². The van der Waals surface area contributed by atoms with E-state index in [0.29, 0.717) is 24.4 Å². The highest BCUT2D eigenvalue weighted by Gasteiger charge is 2.22. The van der Waals surface area contributed by atoms with Crippen molar-refractivity contribution in [1.29, 1.82) is 0 Å². The summed E-state index contributed by atoms with van der Waals surface area (Å²) in [6.45, 7) is 5.50. The fourth-order valence-electron chi connectivity index (χ4n) is 2.53. The first kappa shape index (κ1) is 14.4. The minimum atomic E-state index is 0.368. The van der Waals surface area contributed by atoms with Gasteiger partial charge in [0.1, 0.15) is 11.6 Å². The number of halogens is 1. The maximum atomic E-state index is 6.12. The van der Waals surface area contributed by atoms with Crippen LogP contribution in [-0.4, -0.2) is 35.0 Å². The molecule has 5 heteroatoms. The van der Waals surface area contributed by atoms with Crippen LogP contribution in [0.1, 0.15) is 38.4 Å². The van der Waals surface area contributed by atoms with Crippen LogP contribution in [0.4, 0.5) is 5.82 Å². The molecule has 0 N–H and O–H groups in total. The van der Waals surface area contributed by atoms with Gasteiger partial charge in [0.2, 0.25) is 5.88 Å². The average Bonchev–Trinajstić information content (AvgIpc) is 2.63. The van der Waals surface area contributed by atoms with Gasteiger partial charge in [0.15, 0.2) is 0 Å². The number of rotatable bonds is 4. The van der Waals surface area contributed by atoms with Crippen molar-refractivity contribution in [2.24, 2.45) is 0 Å². The standard InChI is InChI=1S/C14H22ClN3O/c1-3-19-14-9-13(16-11(2)17-14)18-8-6-4-5-7-12(18)10-15/h9,12H,3-8,10H2,1-2H3. The predicted molar refractivity (Wildman–Crippen MR) is 78.3 cm³/mol. The van der Waals surface area contributed by atoms with Gasteiger partial charge in [-0.2, -0.15) is 4.98 Å². The van der Waals surface area contributed by atoms with Crippen molar-refractivity contribution in [3.63, 3.8) is 0 Å². The van der Waals surface area contributed by atoms with Gasteiger partial charge in [-0.1, -0.05) is 12.8 Å². The molecule has 2 rings (SSSR count). The molecule has 106 valence electrons. The van der Waals surface area contributed by atoms with Crippen LogP contribution < -0.4 is 9.64 Å². The maximum Gasteiger partial charge on any atom is 0.218 e. The van der Waals surface area contributed by atoms with Crippen molar-refractivity contribution >= 4 is 17.4 Å². The Morgan fingerprint density at radius 2 is 2.21 bits per heavy atom. The van der Waals surface area contributed by atoms with Gasteiger partial charge in [-0.05, 0) is 26.7 Å². The number of nitrogens with zero attached hydrogens (tertiary/aromatic N) is 3. The Bertz CT molecular complexity index is 414. The first-order valence-corrected chi connectivity index (χ1v) is 7.59. The quantitative estimate of drug-likeness (QED) is 0.796. The summed E-state index contributed by atoms with van der Waals surface area (Å²) < 4.78 is 5.51. The van der Waals surface area contributed by atoms with E-state index in [1.807, 2.05) is 19.9 Å². The molecule has 1 unspecified atom stereocenters. The molecule has 1 saturated heterocycles. The number of alkyl halides is 1. The smallest absolute Gasteiger partial charge is 0.218 e. The highest BCUT2D eigenvalue weighted by molar-refractivity contribution is 6.18. The van der Waals surface area contributed by atoms with Crippen molar-refractivity contribution in [3.05, 3.63) is 11.9 Å². The maximum absolute atomic E-state index is 6.12. The molecule has 0 spiro atoms. The first-order chi connectivity index (χ1) is 9.24. The van der Waals surface area contributed by atoms with Crippen LogP contribution in [0.5, 0.6) is 5.88 Å². The van der Waals surface area contributed by atoms with E-state index < -0.39 is 0 Å². The Balaban J connectivity index is 2.26. The van der Waals surface area contributed by atoms with Crippen molar-refractivity contribution < 1.29 is 4.74 Å². The predicted octanol–water partition coefficient (Wildman–Crippen LogP) is 3.17. The molecular formula is C14H22ClN3O. The number of aromatic nitrogens is 2. The van der Waals surface area contributed by atoms with Gasteiger partial charge in [-0.15, -0.1) is 11.6 Å². The number of ether oxygens (including phenoxy) is 1. The van der Waals surface area contributed by atoms with Crippen LogP contribution in [0.3, 0.4) is 0 Å². The summed E-state index contributed by atoms with van der Waals surface area (Å²) >= 11 is 6.12. The highest BCUT2D eigenvalue weighted by Crippen LogP contribution is 2.25. The van der Waals surface area contributed by atoms with Crippen molar-refractivity contribution in [2.75, 3.05) is 23.9 Å². The molecular weight excluding hydrogens is 262 g/mol. The molecule has 1 aliphatic heterocycles. The van der Waals surface area contributed by atoms with E-state index >= 15 is 0 Å². The van der Waals surface area contributed by atoms with Gasteiger partial charge in [0.05, 0.1) is 6.61 Å². The minimum Gasteiger partial charge on any atom is -0.478 e. The van der Waals surface area contributed by atoms with E-state index in [9.17, 15) is 0 Å². The second-order valence-corrected chi connectivity index (χ2v) is 5.20. The largest absolute Gasteiger partial charge is 0.478 e. The number of aryl methyl sites for hydroxylation is 1. The Hall–Kier alpha value is -1.03. The summed E-state index contributed by atoms with van der Waals surface area (Å²) in [4.78, 5) is 11.2. The molecule has 1 fully saturated rings. The molecule has 0 aliphatic carbocycles. The molecule has 0 amide bonds. The topological polar surface area (TPSA) is 38.2 Å². The molecule has 1 atom stereocenters. The normalized spacial score (nSPS) is 20.2. The van der Waals surface area contributed by atoms with Crippen molar-refractivity contribution in [2.45, 2.75) is 45.6 Å².